The molecule has 0 amide bonds. The first kappa shape index (κ1) is 24.9. The van der Waals surface area contributed by atoms with Crippen LogP contribution >= 0.6 is 11.8 Å². The van der Waals surface area contributed by atoms with E-state index in [9.17, 15) is 8.78 Å². The summed E-state index contributed by atoms with van der Waals surface area (Å²) in [5.41, 5.74) is 8.15. The summed E-state index contributed by atoms with van der Waals surface area (Å²) in [4.78, 5) is 9.68. The van der Waals surface area contributed by atoms with Crippen LogP contribution in [0.4, 0.5) is 8.78 Å². The van der Waals surface area contributed by atoms with Gasteiger partial charge >= 0.3 is 0 Å². The maximum Gasteiger partial charge on any atom is 0.127 e. The van der Waals surface area contributed by atoms with Crippen LogP contribution in [0.5, 0.6) is 0 Å². The second-order valence-corrected chi connectivity index (χ2v) is 12.0. The van der Waals surface area contributed by atoms with Gasteiger partial charge in [0.2, 0.25) is 0 Å². The van der Waals surface area contributed by atoms with Crippen LogP contribution in [0, 0.1) is 11.6 Å². The van der Waals surface area contributed by atoms with Gasteiger partial charge in [-0.2, -0.15) is 0 Å². The third-order valence-electron chi connectivity index (χ3n) is 8.65. The first-order chi connectivity index (χ1) is 20.2. The van der Waals surface area contributed by atoms with Crippen molar-refractivity contribution < 1.29 is 8.78 Å². The molecule has 41 heavy (non-hydrogen) atoms. The zero-order valence-corrected chi connectivity index (χ0v) is 23.0. The fraction of sp³-hybridized carbons (Fsp3) is 0.176. The van der Waals surface area contributed by atoms with Crippen LogP contribution in [-0.4, -0.2) is 23.1 Å². The first-order valence-electron chi connectivity index (χ1n) is 14.0. The van der Waals surface area contributed by atoms with E-state index in [2.05, 4.69) is 57.0 Å². The van der Waals surface area contributed by atoms with Gasteiger partial charge in [-0.15, -0.1) is 0 Å². The highest BCUT2D eigenvalue weighted by molar-refractivity contribution is 7.99. The topological polar surface area (TPSA) is 55.6 Å². The number of rotatable bonds is 4. The number of nitrogens with one attached hydrogen (secondary N) is 4. The summed E-state index contributed by atoms with van der Waals surface area (Å²) in [6.07, 6.45) is 0. The highest BCUT2D eigenvalue weighted by atomic mass is 32.2. The Morgan fingerprint density at radius 2 is 1.02 bits per heavy atom. The Bertz CT molecular complexity index is 1800. The van der Waals surface area contributed by atoms with Crippen LogP contribution in [-0.2, 0) is 13.1 Å². The lowest BCUT2D eigenvalue weighted by Crippen LogP contribution is -2.29. The highest BCUT2D eigenvalue weighted by Gasteiger charge is 2.30. The van der Waals surface area contributed by atoms with Crippen LogP contribution in [0.1, 0.15) is 45.5 Å². The molecule has 2 atom stereocenters. The van der Waals surface area contributed by atoms with Crippen LogP contribution < -0.4 is 10.6 Å². The van der Waals surface area contributed by atoms with Crippen molar-refractivity contribution in [3.8, 4) is 0 Å². The maximum absolute atomic E-state index is 14.8. The average Bonchev–Trinajstić information content (AvgIpc) is 3.58. The molecule has 2 unspecified atom stereocenters. The fourth-order valence-corrected chi connectivity index (χ4v) is 7.79. The van der Waals surface area contributed by atoms with E-state index < -0.39 is 0 Å². The van der Waals surface area contributed by atoms with Crippen LogP contribution in [0.2, 0.25) is 0 Å². The van der Waals surface area contributed by atoms with E-state index in [4.69, 9.17) is 0 Å². The van der Waals surface area contributed by atoms with Gasteiger partial charge in [0, 0.05) is 70.0 Å². The van der Waals surface area contributed by atoms with Gasteiger partial charge in [-0.05, 0) is 46.5 Å². The normalized spacial score (nSPS) is 18.5. The van der Waals surface area contributed by atoms with Crippen molar-refractivity contribution in [2.45, 2.75) is 34.7 Å². The Balaban J connectivity index is 1.22. The smallest absolute Gasteiger partial charge is 0.127 e. The number of hydrogen-bond donors (Lipinski definition) is 4. The summed E-state index contributed by atoms with van der Waals surface area (Å²) in [7, 11) is 0. The molecule has 4 heterocycles. The molecule has 0 bridgehead atoms. The summed E-state index contributed by atoms with van der Waals surface area (Å²) in [5, 5.41) is 9.35. The predicted octanol–water partition coefficient (Wildman–Crippen LogP) is 7.55. The first-order valence-corrected chi connectivity index (χ1v) is 14.8. The van der Waals surface area contributed by atoms with Crippen molar-refractivity contribution >= 4 is 33.6 Å². The van der Waals surface area contributed by atoms with Crippen LogP contribution in [0.25, 0.3) is 21.8 Å². The molecule has 0 saturated carbocycles. The van der Waals surface area contributed by atoms with Gasteiger partial charge in [0.1, 0.15) is 11.6 Å². The van der Waals surface area contributed by atoms with E-state index in [0.717, 1.165) is 45.3 Å². The Morgan fingerprint density at radius 3 is 1.49 bits per heavy atom. The third-order valence-corrected chi connectivity index (χ3v) is 9.77. The van der Waals surface area contributed by atoms with Crippen LogP contribution in [0.15, 0.2) is 94.7 Å². The Morgan fingerprint density at radius 1 is 0.561 bits per heavy atom. The number of para-hydroxylation sites is 2. The minimum atomic E-state index is -0.175. The van der Waals surface area contributed by atoms with Crippen molar-refractivity contribution in [2.24, 2.45) is 0 Å². The number of aromatic amines is 2. The molecule has 2 aliphatic heterocycles. The molecule has 4 aromatic carbocycles. The third kappa shape index (κ3) is 4.02. The molecule has 8 rings (SSSR count). The van der Waals surface area contributed by atoms with E-state index >= 15 is 0 Å². The Hall–Kier alpha value is -3.91. The number of aromatic nitrogens is 2. The molecule has 7 heteroatoms. The monoisotopic (exact) mass is 562 g/mol. The number of benzene rings is 4. The molecule has 0 aliphatic carbocycles. The summed E-state index contributed by atoms with van der Waals surface area (Å²) in [5.74, 6) is -0.505. The lowest BCUT2D eigenvalue weighted by atomic mass is 9.89. The summed E-state index contributed by atoms with van der Waals surface area (Å²) < 4.78 is 29.6. The lowest BCUT2D eigenvalue weighted by molar-refractivity contribution is 0.547. The van der Waals surface area contributed by atoms with Crippen molar-refractivity contribution in [1.82, 2.24) is 20.6 Å². The fourth-order valence-electron chi connectivity index (χ4n) is 6.73. The SMILES string of the molecule is Fc1ccccc1C1CNCc2c1[nH]c1c(Sc3cccc4c5c([nH]c34)C(c3ccccc3F)CNC5)cccc21. The minimum absolute atomic E-state index is 0.0772. The maximum atomic E-state index is 14.8. The Labute approximate surface area is 240 Å². The van der Waals surface area contributed by atoms with E-state index in [1.54, 1.807) is 23.9 Å². The van der Waals surface area contributed by atoms with Gasteiger partial charge in [-0.25, -0.2) is 8.78 Å². The van der Waals surface area contributed by atoms with Gasteiger partial charge < -0.3 is 20.6 Å². The quantitative estimate of drug-likeness (QED) is 0.180. The van der Waals surface area contributed by atoms with Gasteiger partial charge in [0.25, 0.3) is 0 Å². The average molecular weight is 563 g/mol. The predicted molar refractivity (Wildman–Crippen MR) is 161 cm³/mol. The molecule has 4 N–H and O–H groups in total. The second-order valence-electron chi connectivity index (χ2n) is 10.9. The van der Waals surface area contributed by atoms with Crippen molar-refractivity contribution in [3.05, 3.63) is 130 Å². The highest BCUT2D eigenvalue weighted by Crippen LogP contribution is 2.43. The van der Waals surface area contributed by atoms with E-state index in [1.165, 1.54) is 34.0 Å². The van der Waals surface area contributed by atoms with E-state index in [-0.39, 0.29) is 23.5 Å². The summed E-state index contributed by atoms with van der Waals surface area (Å²) in [6.45, 7) is 2.87. The van der Waals surface area contributed by atoms with Gasteiger partial charge in [0.05, 0.1) is 11.0 Å². The van der Waals surface area contributed by atoms with Crippen molar-refractivity contribution in [2.75, 3.05) is 13.1 Å². The van der Waals surface area contributed by atoms with E-state index in [0.29, 0.717) is 24.2 Å². The zero-order valence-electron chi connectivity index (χ0n) is 22.2. The van der Waals surface area contributed by atoms with Crippen molar-refractivity contribution in [1.29, 1.82) is 0 Å². The molecule has 2 aliphatic rings. The number of H-pyrrole nitrogens is 2. The molecular weight excluding hydrogens is 534 g/mol. The van der Waals surface area contributed by atoms with Gasteiger partial charge in [-0.1, -0.05) is 72.4 Å². The minimum Gasteiger partial charge on any atom is -0.357 e. The molecule has 2 aromatic heterocycles. The van der Waals surface area contributed by atoms with E-state index in [1.807, 2.05) is 24.3 Å². The van der Waals surface area contributed by atoms with Crippen LogP contribution in [0.3, 0.4) is 0 Å². The summed E-state index contributed by atoms with van der Waals surface area (Å²) >= 11 is 1.72. The molecule has 0 radical (unpaired) electrons. The lowest BCUT2D eigenvalue weighted by Gasteiger charge is -2.24. The molecule has 0 spiro atoms. The van der Waals surface area contributed by atoms with Gasteiger partial charge in [0.15, 0.2) is 0 Å². The molecule has 0 saturated heterocycles. The molecular formula is C34H28F2N4S. The zero-order chi connectivity index (χ0) is 27.5. The standard InChI is InChI=1S/C34H28F2N4S/c35-27-11-3-1-7-19(27)23-15-37-17-25-21-9-5-13-29(33(21)39-31(23)25)41-30-14-6-10-22-26-18-38-16-24(32(26)40-34(22)30)20-8-2-4-12-28(20)36/h1-14,23-24,37-40H,15-18H2. The number of hydrogen-bond acceptors (Lipinski definition) is 3. The molecule has 204 valence electrons. The molecule has 4 nitrogen and oxygen atoms in total. The summed E-state index contributed by atoms with van der Waals surface area (Å²) in [6, 6.07) is 26.9. The number of fused-ring (bicyclic) bond motifs is 6. The number of halogens is 2. The van der Waals surface area contributed by atoms with Crippen molar-refractivity contribution in [3.63, 3.8) is 0 Å². The van der Waals surface area contributed by atoms with Gasteiger partial charge in [-0.3, -0.25) is 0 Å². The molecule has 6 aromatic rings. The second kappa shape index (κ2) is 9.87. The molecule has 0 fully saturated rings. The largest absolute Gasteiger partial charge is 0.357 e. The Kier molecular flexibility index (Phi) is 5.98.